The molecule has 0 aliphatic carbocycles. The fourth-order valence-electron chi connectivity index (χ4n) is 2.26. The summed E-state index contributed by atoms with van der Waals surface area (Å²) in [5.74, 6) is -0.247. The third-order valence-electron chi connectivity index (χ3n) is 3.38. The van der Waals surface area contributed by atoms with Crippen molar-refractivity contribution in [3.8, 4) is 5.75 Å². The van der Waals surface area contributed by atoms with Crippen molar-refractivity contribution in [2.24, 2.45) is 0 Å². The van der Waals surface area contributed by atoms with Gasteiger partial charge in [-0.2, -0.15) is 0 Å². The minimum Gasteiger partial charge on any atom is -0.489 e. The third kappa shape index (κ3) is 4.47. The molecule has 0 N–H and O–H groups in total. The number of esters is 1. The summed E-state index contributed by atoms with van der Waals surface area (Å²) in [7, 11) is -2.24. The van der Waals surface area contributed by atoms with Gasteiger partial charge in [0, 0.05) is 6.26 Å². The molecular weight excluding hydrogens is 304 g/mol. The van der Waals surface area contributed by atoms with Crippen LogP contribution in [0.25, 0.3) is 0 Å². The van der Waals surface area contributed by atoms with Crippen LogP contribution < -0.4 is 4.74 Å². The Kier molecular flexibility index (Phi) is 6.41. The van der Waals surface area contributed by atoms with Gasteiger partial charge >= 0.3 is 5.97 Å². The standard InChI is InChI=1S/C16H24O5S/c1-6-8-11(3)21-14-9-12(7-2)13(16(17)20-4)10-15(14)22(5,18)19/h9-11H,6-8H2,1-5H3. The van der Waals surface area contributed by atoms with E-state index in [1.165, 1.54) is 13.2 Å². The molecule has 0 radical (unpaired) electrons. The van der Waals surface area contributed by atoms with Gasteiger partial charge in [-0.3, -0.25) is 0 Å². The third-order valence-corrected chi connectivity index (χ3v) is 4.50. The molecule has 0 saturated heterocycles. The first-order valence-electron chi connectivity index (χ1n) is 7.36. The van der Waals surface area contributed by atoms with E-state index in [2.05, 4.69) is 0 Å². The summed E-state index contributed by atoms with van der Waals surface area (Å²) in [5.41, 5.74) is 0.971. The lowest BCUT2D eigenvalue weighted by Crippen LogP contribution is -2.15. The van der Waals surface area contributed by atoms with E-state index in [1.807, 2.05) is 20.8 Å². The number of aryl methyl sites for hydroxylation is 1. The van der Waals surface area contributed by atoms with Gasteiger partial charge in [-0.05, 0) is 37.5 Å². The Morgan fingerprint density at radius 1 is 1.27 bits per heavy atom. The van der Waals surface area contributed by atoms with E-state index < -0.39 is 15.8 Å². The Morgan fingerprint density at radius 2 is 1.91 bits per heavy atom. The Balaban J connectivity index is 3.45. The molecule has 0 saturated carbocycles. The molecule has 0 aliphatic rings. The molecule has 1 unspecified atom stereocenters. The molecule has 22 heavy (non-hydrogen) atoms. The molecule has 0 aromatic heterocycles. The van der Waals surface area contributed by atoms with Gasteiger partial charge < -0.3 is 9.47 Å². The zero-order valence-electron chi connectivity index (χ0n) is 13.8. The van der Waals surface area contributed by atoms with Crippen molar-refractivity contribution in [1.82, 2.24) is 0 Å². The van der Waals surface area contributed by atoms with Crippen molar-refractivity contribution in [1.29, 1.82) is 0 Å². The predicted molar refractivity (Wildman–Crippen MR) is 85.3 cm³/mol. The maximum absolute atomic E-state index is 12.0. The Morgan fingerprint density at radius 3 is 2.36 bits per heavy atom. The van der Waals surface area contributed by atoms with Crippen molar-refractivity contribution in [3.05, 3.63) is 23.3 Å². The number of hydrogen-bond donors (Lipinski definition) is 0. The van der Waals surface area contributed by atoms with Gasteiger partial charge in [-0.15, -0.1) is 0 Å². The molecule has 1 aromatic carbocycles. The number of methoxy groups -OCH3 is 1. The van der Waals surface area contributed by atoms with Gasteiger partial charge in [0.25, 0.3) is 0 Å². The molecule has 0 bridgehead atoms. The molecular formula is C16H24O5S. The topological polar surface area (TPSA) is 69.7 Å². The number of carbonyl (C=O) groups is 1. The first kappa shape index (κ1) is 18.5. The molecule has 6 heteroatoms. The summed E-state index contributed by atoms with van der Waals surface area (Å²) in [6, 6.07) is 2.99. The molecule has 0 amide bonds. The number of ether oxygens (including phenoxy) is 2. The fraction of sp³-hybridized carbons (Fsp3) is 0.562. The molecule has 1 aromatic rings. The maximum atomic E-state index is 12.0. The zero-order chi connectivity index (χ0) is 16.9. The molecule has 0 fully saturated rings. The number of benzene rings is 1. The second-order valence-electron chi connectivity index (χ2n) is 5.29. The average molecular weight is 328 g/mol. The number of hydrogen-bond acceptors (Lipinski definition) is 5. The van der Waals surface area contributed by atoms with Crippen LogP contribution in [0.5, 0.6) is 5.75 Å². The normalized spacial score (nSPS) is 12.8. The van der Waals surface area contributed by atoms with Crippen molar-refractivity contribution in [2.45, 2.75) is 51.0 Å². The van der Waals surface area contributed by atoms with Gasteiger partial charge in [0.1, 0.15) is 10.6 Å². The lowest BCUT2D eigenvalue weighted by atomic mass is 10.0. The highest BCUT2D eigenvalue weighted by Crippen LogP contribution is 2.30. The van der Waals surface area contributed by atoms with Crippen molar-refractivity contribution in [3.63, 3.8) is 0 Å². The summed E-state index contributed by atoms with van der Waals surface area (Å²) in [5, 5.41) is 0. The van der Waals surface area contributed by atoms with Crippen molar-refractivity contribution < 1.29 is 22.7 Å². The number of rotatable bonds is 7. The van der Waals surface area contributed by atoms with E-state index >= 15 is 0 Å². The Hall–Kier alpha value is -1.56. The first-order valence-corrected chi connectivity index (χ1v) is 9.25. The highest BCUT2D eigenvalue weighted by Gasteiger charge is 2.22. The van der Waals surface area contributed by atoms with Crippen LogP contribution in [-0.4, -0.2) is 33.9 Å². The number of sulfone groups is 1. The van der Waals surface area contributed by atoms with Crippen LogP contribution in [0.15, 0.2) is 17.0 Å². The van der Waals surface area contributed by atoms with E-state index in [0.717, 1.165) is 19.1 Å². The largest absolute Gasteiger partial charge is 0.489 e. The predicted octanol–water partition coefficient (Wildman–Crippen LogP) is 3.01. The second kappa shape index (κ2) is 7.63. The highest BCUT2D eigenvalue weighted by molar-refractivity contribution is 7.90. The van der Waals surface area contributed by atoms with Crippen LogP contribution in [-0.2, 0) is 21.0 Å². The molecule has 0 heterocycles. The molecule has 124 valence electrons. The summed E-state index contributed by atoms with van der Waals surface area (Å²) in [6.07, 6.45) is 3.35. The monoisotopic (exact) mass is 328 g/mol. The maximum Gasteiger partial charge on any atom is 0.338 e. The van der Waals surface area contributed by atoms with Gasteiger partial charge in [-0.25, -0.2) is 13.2 Å². The molecule has 5 nitrogen and oxygen atoms in total. The smallest absolute Gasteiger partial charge is 0.338 e. The molecule has 1 rings (SSSR count). The summed E-state index contributed by atoms with van der Waals surface area (Å²) in [6.45, 7) is 5.83. The van der Waals surface area contributed by atoms with Gasteiger partial charge in [0.05, 0.1) is 18.8 Å². The van der Waals surface area contributed by atoms with Crippen LogP contribution in [0.1, 0.15) is 49.5 Å². The zero-order valence-corrected chi connectivity index (χ0v) is 14.6. The Labute approximate surface area is 132 Å². The van der Waals surface area contributed by atoms with Crippen LogP contribution in [0.2, 0.25) is 0 Å². The fourth-order valence-corrected chi connectivity index (χ4v) is 3.06. The van der Waals surface area contributed by atoms with Crippen LogP contribution >= 0.6 is 0 Å². The summed E-state index contributed by atoms with van der Waals surface area (Å²) >= 11 is 0. The summed E-state index contributed by atoms with van der Waals surface area (Å²) < 4.78 is 34.6. The van der Waals surface area contributed by atoms with E-state index in [0.29, 0.717) is 17.7 Å². The first-order chi connectivity index (χ1) is 10.2. The second-order valence-corrected chi connectivity index (χ2v) is 7.27. The summed E-state index contributed by atoms with van der Waals surface area (Å²) in [4.78, 5) is 11.9. The molecule has 1 atom stereocenters. The van der Waals surface area contributed by atoms with E-state index in [-0.39, 0.29) is 16.6 Å². The van der Waals surface area contributed by atoms with Crippen LogP contribution in [0.4, 0.5) is 0 Å². The van der Waals surface area contributed by atoms with Gasteiger partial charge in [0.15, 0.2) is 9.84 Å². The molecule has 0 aliphatic heterocycles. The van der Waals surface area contributed by atoms with Gasteiger partial charge in [0.2, 0.25) is 0 Å². The quantitative estimate of drug-likeness (QED) is 0.720. The minimum absolute atomic E-state index is 0.0213. The van der Waals surface area contributed by atoms with E-state index in [9.17, 15) is 13.2 Å². The van der Waals surface area contributed by atoms with Crippen LogP contribution in [0, 0.1) is 0 Å². The van der Waals surface area contributed by atoms with Crippen molar-refractivity contribution in [2.75, 3.05) is 13.4 Å². The SMILES string of the molecule is CCCC(C)Oc1cc(CC)c(C(=O)OC)cc1S(C)(=O)=O. The lowest BCUT2D eigenvalue weighted by molar-refractivity contribution is 0.0599. The Bertz CT molecular complexity index is 634. The van der Waals surface area contributed by atoms with Crippen LogP contribution in [0.3, 0.4) is 0 Å². The lowest BCUT2D eigenvalue weighted by Gasteiger charge is -2.18. The van der Waals surface area contributed by atoms with Gasteiger partial charge in [-0.1, -0.05) is 20.3 Å². The van der Waals surface area contributed by atoms with E-state index in [4.69, 9.17) is 9.47 Å². The highest BCUT2D eigenvalue weighted by atomic mass is 32.2. The molecule has 0 spiro atoms. The van der Waals surface area contributed by atoms with Crippen molar-refractivity contribution >= 4 is 15.8 Å². The van der Waals surface area contributed by atoms with E-state index in [1.54, 1.807) is 6.07 Å². The number of carbonyl (C=O) groups excluding carboxylic acids is 1. The minimum atomic E-state index is -3.52. The average Bonchev–Trinajstić information content (AvgIpc) is 2.44.